The summed E-state index contributed by atoms with van der Waals surface area (Å²) in [5.74, 6) is 1.69. The highest BCUT2D eigenvalue weighted by molar-refractivity contribution is 6.28. The van der Waals surface area contributed by atoms with Crippen LogP contribution in [0.3, 0.4) is 0 Å². The van der Waals surface area contributed by atoms with Crippen molar-refractivity contribution in [3.63, 3.8) is 0 Å². The van der Waals surface area contributed by atoms with Gasteiger partial charge >= 0.3 is 0 Å². The quantitative estimate of drug-likeness (QED) is 0.824. The number of aromatic nitrogens is 2. The standard InChI is InChI=1S/C13H12ClN5/c1-8-16-10-11(15)17-13(14)18-12(10)19(8)7-9-5-3-2-4-6-9/h2-6,16H,1,7H2,(H2,15,17,18). The minimum absolute atomic E-state index is 0.130. The summed E-state index contributed by atoms with van der Waals surface area (Å²) in [5.41, 5.74) is 7.63. The highest BCUT2D eigenvalue weighted by Crippen LogP contribution is 2.38. The molecule has 2 aromatic rings. The molecule has 1 aromatic heterocycles. The minimum atomic E-state index is 0.130. The number of rotatable bonds is 2. The number of anilines is 3. The van der Waals surface area contributed by atoms with Gasteiger partial charge in [-0.25, -0.2) is 0 Å². The van der Waals surface area contributed by atoms with E-state index in [4.69, 9.17) is 17.3 Å². The van der Waals surface area contributed by atoms with Crippen molar-refractivity contribution in [2.75, 3.05) is 16.0 Å². The van der Waals surface area contributed by atoms with E-state index in [1.165, 1.54) is 0 Å². The van der Waals surface area contributed by atoms with Crippen molar-refractivity contribution in [3.05, 3.63) is 53.6 Å². The monoisotopic (exact) mass is 273 g/mol. The van der Waals surface area contributed by atoms with Crippen LogP contribution in [-0.2, 0) is 6.54 Å². The molecular formula is C13H12ClN5. The first-order valence-electron chi connectivity index (χ1n) is 5.75. The van der Waals surface area contributed by atoms with Crippen LogP contribution in [0.25, 0.3) is 0 Å². The molecule has 1 aliphatic heterocycles. The van der Waals surface area contributed by atoms with Gasteiger partial charge in [-0.05, 0) is 17.2 Å². The maximum atomic E-state index is 5.86. The van der Waals surface area contributed by atoms with E-state index < -0.39 is 0 Å². The molecule has 5 nitrogen and oxygen atoms in total. The number of hydrogen-bond acceptors (Lipinski definition) is 5. The van der Waals surface area contributed by atoms with Gasteiger partial charge in [-0.3, -0.25) is 0 Å². The van der Waals surface area contributed by atoms with Crippen molar-refractivity contribution >= 4 is 28.9 Å². The third kappa shape index (κ3) is 2.08. The van der Waals surface area contributed by atoms with Crippen molar-refractivity contribution < 1.29 is 0 Å². The molecule has 96 valence electrons. The number of hydrogen-bond donors (Lipinski definition) is 2. The van der Waals surface area contributed by atoms with E-state index in [1.54, 1.807) is 0 Å². The normalized spacial score (nSPS) is 13.3. The van der Waals surface area contributed by atoms with Gasteiger partial charge in [0.15, 0.2) is 11.6 Å². The Morgan fingerprint density at radius 1 is 1.26 bits per heavy atom. The maximum Gasteiger partial charge on any atom is 0.226 e. The molecule has 19 heavy (non-hydrogen) atoms. The summed E-state index contributed by atoms with van der Waals surface area (Å²) < 4.78 is 0. The molecule has 0 saturated carbocycles. The zero-order valence-corrected chi connectivity index (χ0v) is 10.9. The van der Waals surface area contributed by atoms with E-state index in [-0.39, 0.29) is 5.28 Å². The van der Waals surface area contributed by atoms with Crippen LogP contribution < -0.4 is 16.0 Å². The van der Waals surface area contributed by atoms with Crippen molar-refractivity contribution in [2.24, 2.45) is 0 Å². The molecular weight excluding hydrogens is 262 g/mol. The van der Waals surface area contributed by atoms with E-state index in [2.05, 4.69) is 21.9 Å². The fraction of sp³-hybridized carbons (Fsp3) is 0.0769. The highest BCUT2D eigenvalue weighted by Gasteiger charge is 2.27. The van der Waals surface area contributed by atoms with E-state index in [9.17, 15) is 0 Å². The van der Waals surface area contributed by atoms with E-state index >= 15 is 0 Å². The predicted octanol–water partition coefficient (Wildman–Crippen LogP) is 2.62. The largest absolute Gasteiger partial charge is 0.382 e. The Bertz CT molecular complexity index is 641. The lowest BCUT2D eigenvalue weighted by atomic mass is 10.2. The average molecular weight is 274 g/mol. The van der Waals surface area contributed by atoms with Crippen LogP contribution in [0, 0.1) is 0 Å². The lowest BCUT2D eigenvalue weighted by Gasteiger charge is -2.18. The smallest absolute Gasteiger partial charge is 0.226 e. The molecule has 0 spiro atoms. The van der Waals surface area contributed by atoms with Crippen LogP contribution in [-0.4, -0.2) is 9.97 Å². The first-order valence-corrected chi connectivity index (χ1v) is 6.13. The summed E-state index contributed by atoms with van der Waals surface area (Å²) in [7, 11) is 0. The summed E-state index contributed by atoms with van der Waals surface area (Å²) in [4.78, 5) is 10.1. The predicted molar refractivity (Wildman–Crippen MR) is 76.8 cm³/mol. The third-order valence-corrected chi connectivity index (χ3v) is 3.09. The Morgan fingerprint density at radius 2 is 2.00 bits per heavy atom. The van der Waals surface area contributed by atoms with Crippen molar-refractivity contribution in [1.82, 2.24) is 9.97 Å². The molecule has 0 atom stereocenters. The second-order valence-corrected chi connectivity index (χ2v) is 4.56. The molecule has 0 radical (unpaired) electrons. The Kier molecular flexibility index (Phi) is 2.76. The average Bonchev–Trinajstić information content (AvgIpc) is 2.69. The maximum absolute atomic E-state index is 5.86. The first-order chi connectivity index (χ1) is 9.15. The van der Waals surface area contributed by atoms with Gasteiger partial charge in [-0.1, -0.05) is 36.9 Å². The highest BCUT2D eigenvalue weighted by atomic mass is 35.5. The number of nitrogen functional groups attached to an aromatic ring is 1. The molecule has 6 heteroatoms. The molecule has 1 aromatic carbocycles. The summed E-state index contributed by atoms with van der Waals surface area (Å²) in [6.45, 7) is 4.61. The zero-order valence-electron chi connectivity index (χ0n) is 10.1. The fourth-order valence-corrected chi connectivity index (χ4v) is 2.20. The molecule has 3 rings (SSSR count). The summed E-state index contributed by atoms with van der Waals surface area (Å²) >= 11 is 5.86. The second-order valence-electron chi connectivity index (χ2n) is 4.22. The molecule has 0 saturated heterocycles. The number of nitrogens with one attached hydrogen (secondary N) is 1. The van der Waals surface area contributed by atoms with Gasteiger partial charge in [0.05, 0.1) is 6.54 Å². The Hall–Kier alpha value is -2.27. The van der Waals surface area contributed by atoms with E-state index in [0.717, 1.165) is 5.56 Å². The van der Waals surface area contributed by atoms with Crippen LogP contribution in [0.15, 0.2) is 42.7 Å². The van der Waals surface area contributed by atoms with Gasteiger partial charge in [0.2, 0.25) is 5.28 Å². The van der Waals surface area contributed by atoms with Gasteiger partial charge < -0.3 is 16.0 Å². The van der Waals surface area contributed by atoms with Crippen molar-refractivity contribution in [2.45, 2.75) is 6.54 Å². The van der Waals surface area contributed by atoms with Gasteiger partial charge in [0.25, 0.3) is 0 Å². The SMILES string of the molecule is C=C1Nc2c(N)nc(Cl)nc2N1Cc1ccccc1. The Morgan fingerprint density at radius 3 is 2.74 bits per heavy atom. The van der Waals surface area contributed by atoms with Gasteiger partial charge in [0.1, 0.15) is 11.5 Å². The molecule has 0 fully saturated rings. The van der Waals surface area contributed by atoms with E-state index in [1.807, 2.05) is 35.2 Å². The number of fused-ring (bicyclic) bond motifs is 1. The molecule has 0 bridgehead atoms. The van der Waals surface area contributed by atoms with Gasteiger partial charge in [-0.2, -0.15) is 9.97 Å². The molecule has 0 aliphatic carbocycles. The Labute approximate surface area is 115 Å². The van der Waals surface area contributed by atoms with Gasteiger partial charge in [0, 0.05) is 0 Å². The fourth-order valence-electron chi connectivity index (χ4n) is 2.03. The molecule has 3 N–H and O–H groups in total. The summed E-state index contributed by atoms with van der Waals surface area (Å²) in [6.07, 6.45) is 0. The van der Waals surface area contributed by atoms with E-state index in [0.29, 0.717) is 29.7 Å². The topological polar surface area (TPSA) is 67.1 Å². The van der Waals surface area contributed by atoms with Crippen LogP contribution in [0.2, 0.25) is 5.28 Å². The second kappa shape index (κ2) is 4.44. The molecule has 0 amide bonds. The molecule has 2 heterocycles. The van der Waals surface area contributed by atoms with Crippen LogP contribution in [0.4, 0.5) is 17.3 Å². The number of nitrogens with two attached hydrogens (primary N) is 1. The Balaban J connectivity index is 1.99. The number of halogens is 1. The first kappa shape index (κ1) is 11.8. The van der Waals surface area contributed by atoms with Crippen LogP contribution in [0.1, 0.15) is 5.56 Å². The van der Waals surface area contributed by atoms with Gasteiger partial charge in [-0.15, -0.1) is 0 Å². The minimum Gasteiger partial charge on any atom is -0.382 e. The number of nitrogens with zero attached hydrogens (tertiary/aromatic N) is 3. The zero-order chi connectivity index (χ0) is 13.4. The number of benzene rings is 1. The van der Waals surface area contributed by atoms with Crippen LogP contribution >= 0.6 is 11.6 Å². The molecule has 1 aliphatic rings. The van der Waals surface area contributed by atoms with Crippen LogP contribution in [0.5, 0.6) is 0 Å². The third-order valence-electron chi connectivity index (χ3n) is 2.92. The van der Waals surface area contributed by atoms with Crippen molar-refractivity contribution in [1.29, 1.82) is 0 Å². The lowest BCUT2D eigenvalue weighted by molar-refractivity contribution is 0.924. The molecule has 0 unspecified atom stereocenters. The lowest BCUT2D eigenvalue weighted by Crippen LogP contribution is -2.20. The summed E-state index contributed by atoms with van der Waals surface area (Å²) in [6, 6.07) is 10.0. The summed E-state index contributed by atoms with van der Waals surface area (Å²) in [5, 5.41) is 3.22. The van der Waals surface area contributed by atoms with Crippen molar-refractivity contribution in [3.8, 4) is 0 Å².